The molecule has 0 aliphatic heterocycles. The van der Waals surface area contributed by atoms with Crippen molar-refractivity contribution >= 4 is 0 Å². The van der Waals surface area contributed by atoms with Crippen molar-refractivity contribution in [2.45, 2.75) is 6.54 Å². The molecular formula is C19H21N3O4. The van der Waals surface area contributed by atoms with Gasteiger partial charge >= 0.3 is 0 Å². The summed E-state index contributed by atoms with van der Waals surface area (Å²) in [5.74, 6) is 3.21. The minimum atomic E-state index is 0.542. The van der Waals surface area contributed by atoms with Gasteiger partial charge in [0, 0.05) is 5.56 Å². The van der Waals surface area contributed by atoms with Crippen molar-refractivity contribution in [3.63, 3.8) is 0 Å². The molecule has 0 unspecified atom stereocenters. The molecule has 7 nitrogen and oxygen atoms in total. The number of aromatic nitrogens is 3. The molecule has 7 heteroatoms. The second-order valence-electron chi connectivity index (χ2n) is 5.50. The van der Waals surface area contributed by atoms with Crippen LogP contribution in [0.5, 0.6) is 23.0 Å². The lowest BCUT2D eigenvalue weighted by Crippen LogP contribution is -2.05. The maximum absolute atomic E-state index is 5.42. The minimum Gasteiger partial charge on any atom is -0.497 e. The van der Waals surface area contributed by atoms with Gasteiger partial charge in [0.1, 0.15) is 12.1 Å². The summed E-state index contributed by atoms with van der Waals surface area (Å²) >= 11 is 0. The van der Waals surface area contributed by atoms with Gasteiger partial charge in [0.25, 0.3) is 0 Å². The van der Waals surface area contributed by atoms with Crippen molar-refractivity contribution in [1.29, 1.82) is 0 Å². The third-order valence-electron chi connectivity index (χ3n) is 4.03. The highest BCUT2D eigenvalue weighted by atomic mass is 16.5. The minimum absolute atomic E-state index is 0.542. The predicted octanol–water partition coefficient (Wildman–Crippen LogP) is 3.03. The summed E-state index contributed by atoms with van der Waals surface area (Å²) < 4.78 is 23.2. The average molecular weight is 355 g/mol. The van der Waals surface area contributed by atoms with E-state index < -0.39 is 0 Å². The van der Waals surface area contributed by atoms with Crippen molar-refractivity contribution in [3.05, 3.63) is 48.3 Å². The molecule has 0 amide bonds. The second kappa shape index (κ2) is 7.77. The van der Waals surface area contributed by atoms with E-state index in [9.17, 15) is 0 Å². The molecule has 0 aliphatic rings. The van der Waals surface area contributed by atoms with Gasteiger partial charge in [-0.2, -0.15) is 5.10 Å². The summed E-state index contributed by atoms with van der Waals surface area (Å²) in [5.41, 5.74) is 1.91. The summed E-state index contributed by atoms with van der Waals surface area (Å²) in [6.45, 7) is 0.579. The predicted molar refractivity (Wildman–Crippen MR) is 97.2 cm³/mol. The molecular weight excluding hydrogens is 334 g/mol. The Morgan fingerprint density at radius 2 is 1.50 bits per heavy atom. The SMILES string of the molecule is COc1ccc(Cn2ncnc2-c2cc(OC)c(OC)c(OC)c2)cc1. The fourth-order valence-corrected chi connectivity index (χ4v) is 2.72. The zero-order chi connectivity index (χ0) is 18.5. The van der Waals surface area contributed by atoms with Crippen molar-refractivity contribution < 1.29 is 18.9 Å². The van der Waals surface area contributed by atoms with E-state index in [-0.39, 0.29) is 0 Å². The molecule has 26 heavy (non-hydrogen) atoms. The Morgan fingerprint density at radius 1 is 0.846 bits per heavy atom. The van der Waals surface area contributed by atoms with Gasteiger partial charge in [-0.25, -0.2) is 9.67 Å². The Balaban J connectivity index is 1.97. The van der Waals surface area contributed by atoms with Gasteiger partial charge in [0.2, 0.25) is 5.75 Å². The van der Waals surface area contributed by atoms with Gasteiger partial charge in [0.05, 0.1) is 35.0 Å². The summed E-state index contributed by atoms with van der Waals surface area (Å²) in [6.07, 6.45) is 1.53. The van der Waals surface area contributed by atoms with E-state index in [0.717, 1.165) is 16.9 Å². The lowest BCUT2D eigenvalue weighted by molar-refractivity contribution is 0.324. The number of hydrogen-bond acceptors (Lipinski definition) is 6. The van der Waals surface area contributed by atoms with Crippen LogP contribution in [0.15, 0.2) is 42.7 Å². The molecule has 0 saturated heterocycles. The third kappa shape index (κ3) is 3.42. The van der Waals surface area contributed by atoms with E-state index in [4.69, 9.17) is 18.9 Å². The van der Waals surface area contributed by atoms with Gasteiger partial charge < -0.3 is 18.9 Å². The van der Waals surface area contributed by atoms with Crippen LogP contribution in [0.1, 0.15) is 5.56 Å². The van der Waals surface area contributed by atoms with E-state index in [1.165, 1.54) is 6.33 Å². The van der Waals surface area contributed by atoms with E-state index in [2.05, 4.69) is 10.1 Å². The first kappa shape index (κ1) is 17.6. The van der Waals surface area contributed by atoms with Crippen LogP contribution in [0.25, 0.3) is 11.4 Å². The Bertz CT molecular complexity index is 850. The number of methoxy groups -OCH3 is 4. The molecule has 1 heterocycles. The first-order valence-corrected chi connectivity index (χ1v) is 8.01. The first-order valence-electron chi connectivity index (χ1n) is 8.01. The van der Waals surface area contributed by atoms with Crippen LogP contribution in [0.4, 0.5) is 0 Å². The Hall–Kier alpha value is -3.22. The largest absolute Gasteiger partial charge is 0.497 e. The molecule has 0 bridgehead atoms. The van der Waals surface area contributed by atoms with E-state index in [1.807, 2.05) is 41.1 Å². The van der Waals surface area contributed by atoms with Crippen LogP contribution in [0, 0.1) is 0 Å². The van der Waals surface area contributed by atoms with E-state index in [1.54, 1.807) is 28.4 Å². The molecule has 136 valence electrons. The number of nitrogens with zero attached hydrogens (tertiary/aromatic N) is 3. The molecule has 0 aliphatic carbocycles. The highest BCUT2D eigenvalue weighted by molar-refractivity contribution is 5.66. The van der Waals surface area contributed by atoms with E-state index >= 15 is 0 Å². The van der Waals surface area contributed by atoms with Crippen LogP contribution in [0.3, 0.4) is 0 Å². The topological polar surface area (TPSA) is 67.6 Å². The lowest BCUT2D eigenvalue weighted by atomic mass is 10.1. The van der Waals surface area contributed by atoms with Gasteiger partial charge in [-0.1, -0.05) is 12.1 Å². The van der Waals surface area contributed by atoms with Crippen LogP contribution in [-0.2, 0) is 6.54 Å². The normalized spacial score (nSPS) is 10.5. The van der Waals surface area contributed by atoms with Crippen molar-refractivity contribution in [1.82, 2.24) is 14.8 Å². The highest BCUT2D eigenvalue weighted by Gasteiger charge is 2.17. The molecule has 3 rings (SSSR count). The summed E-state index contributed by atoms with van der Waals surface area (Å²) in [5, 5.41) is 4.35. The molecule has 0 spiro atoms. The number of rotatable bonds is 7. The van der Waals surface area contributed by atoms with Crippen LogP contribution >= 0.6 is 0 Å². The maximum Gasteiger partial charge on any atom is 0.203 e. The van der Waals surface area contributed by atoms with Gasteiger partial charge in [-0.05, 0) is 29.8 Å². The Morgan fingerprint density at radius 3 is 2.04 bits per heavy atom. The molecule has 2 aromatic carbocycles. The Kier molecular flexibility index (Phi) is 5.26. The lowest BCUT2D eigenvalue weighted by Gasteiger charge is -2.14. The standard InChI is InChI=1S/C19H21N3O4/c1-23-15-7-5-13(6-8-15)11-22-19(20-12-21-22)14-9-16(24-2)18(26-4)17(10-14)25-3/h5-10,12H,11H2,1-4H3. The molecule has 0 radical (unpaired) electrons. The zero-order valence-electron chi connectivity index (χ0n) is 15.2. The van der Waals surface area contributed by atoms with Crippen molar-refractivity contribution in [2.24, 2.45) is 0 Å². The monoisotopic (exact) mass is 355 g/mol. The summed E-state index contributed by atoms with van der Waals surface area (Å²) in [6, 6.07) is 11.6. The molecule has 1 aromatic heterocycles. The molecule has 0 N–H and O–H groups in total. The van der Waals surface area contributed by atoms with Crippen LogP contribution < -0.4 is 18.9 Å². The average Bonchev–Trinajstić information content (AvgIpc) is 3.15. The highest BCUT2D eigenvalue weighted by Crippen LogP contribution is 2.40. The van der Waals surface area contributed by atoms with Gasteiger partial charge in [-0.15, -0.1) is 0 Å². The molecule has 0 fully saturated rings. The summed E-state index contributed by atoms with van der Waals surface area (Å²) in [7, 11) is 6.40. The van der Waals surface area contributed by atoms with Crippen molar-refractivity contribution in [3.8, 4) is 34.4 Å². The second-order valence-corrected chi connectivity index (χ2v) is 5.50. The number of hydrogen-bond donors (Lipinski definition) is 0. The smallest absolute Gasteiger partial charge is 0.203 e. The summed E-state index contributed by atoms with van der Waals surface area (Å²) in [4.78, 5) is 4.40. The van der Waals surface area contributed by atoms with Gasteiger partial charge in [-0.3, -0.25) is 0 Å². The molecule has 0 saturated carbocycles. The van der Waals surface area contributed by atoms with Gasteiger partial charge in [0.15, 0.2) is 17.3 Å². The van der Waals surface area contributed by atoms with Crippen LogP contribution in [-0.4, -0.2) is 43.2 Å². The van der Waals surface area contributed by atoms with E-state index in [0.29, 0.717) is 29.6 Å². The number of benzene rings is 2. The third-order valence-corrected chi connectivity index (χ3v) is 4.03. The first-order chi connectivity index (χ1) is 12.7. The number of ether oxygens (including phenoxy) is 4. The fourth-order valence-electron chi connectivity index (χ4n) is 2.72. The molecule has 0 atom stereocenters. The zero-order valence-corrected chi connectivity index (χ0v) is 15.2. The van der Waals surface area contributed by atoms with Crippen molar-refractivity contribution in [2.75, 3.05) is 28.4 Å². The van der Waals surface area contributed by atoms with Crippen LogP contribution in [0.2, 0.25) is 0 Å². The Labute approximate surface area is 152 Å². The quantitative estimate of drug-likeness (QED) is 0.649. The fraction of sp³-hybridized carbons (Fsp3) is 0.263. The maximum atomic E-state index is 5.42. The molecule has 3 aromatic rings.